The minimum Gasteiger partial charge on any atom is -0.384 e. The molecule has 0 spiro atoms. The second kappa shape index (κ2) is 4.43. The van der Waals surface area contributed by atoms with Crippen LogP contribution in [0.4, 0.5) is 0 Å². The molecule has 0 heterocycles. The summed E-state index contributed by atoms with van der Waals surface area (Å²) in [5.74, 6) is 0. The molecule has 1 atom stereocenters. The molecular weight excluding hydrogens is 220 g/mol. The summed E-state index contributed by atoms with van der Waals surface area (Å²) in [6.45, 7) is 0. The van der Waals surface area contributed by atoms with Crippen LogP contribution in [0.3, 0.4) is 0 Å². The van der Waals surface area contributed by atoms with Gasteiger partial charge in [-0.3, -0.25) is 0 Å². The minimum absolute atomic E-state index is 0.662. The lowest BCUT2D eigenvalue weighted by Crippen LogP contribution is -2.30. The molecule has 1 nitrogen and oxygen atoms in total. The molecule has 0 fully saturated rings. The molecule has 90 valence electrons. The molecule has 0 radical (unpaired) electrons. The molecule has 0 saturated heterocycles. The van der Waals surface area contributed by atoms with Gasteiger partial charge in [0.15, 0.2) is 0 Å². The fraction of sp³-hybridized carbons (Fsp3) is 0.176. The van der Waals surface area contributed by atoms with Gasteiger partial charge in [0.2, 0.25) is 0 Å². The lowest BCUT2D eigenvalue weighted by Gasteiger charge is -2.32. The Labute approximate surface area is 107 Å². The predicted molar refractivity (Wildman–Crippen MR) is 74.1 cm³/mol. The van der Waals surface area contributed by atoms with Gasteiger partial charge in [-0.05, 0) is 23.1 Å². The van der Waals surface area contributed by atoms with Crippen molar-refractivity contribution in [1.29, 1.82) is 0 Å². The number of rotatable bonds is 2. The molecule has 0 bridgehead atoms. The first-order valence-electron chi connectivity index (χ1n) is 6.30. The van der Waals surface area contributed by atoms with Crippen LogP contribution in [-0.2, 0) is 12.0 Å². The Balaban J connectivity index is 1.99. The van der Waals surface area contributed by atoms with Crippen molar-refractivity contribution in [3.05, 3.63) is 77.4 Å². The van der Waals surface area contributed by atoms with Crippen LogP contribution in [-0.4, -0.2) is 5.11 Å². The van der Waals surface area contributed by atoms with Crippen molar-refractivity contribution < 1.29 is 5.11 Å². The average Bonchev–Trinajstić information content (AvgIpc) is 2.40. The van der Waals surface area contributed by atoms with Gasteiger partial charge in [-0.2, -0.15) is 0 Å². The highest BCUT2D eigenvalue weighted by Crippen LogP contribution is 2.36. The van der Waals surface area contributed by atoms with Crippen LogP contribution in [0.1, 0.15) is 23.1 Å². The SMILES string of the molecule is OC1(Cc2ccccc2)CC=Cc2ccccc21. The zero-order chi connectivity index (χ0) is 12.4. The first kappa shape index (κ1) is 11.2. The molecule has 0 aliphatic heterocycles. The van der Waals surface area contributed by atoms with Gasteiger partial charge in [0.25, 0.3) is 0 Å². The van der Waals surface area contributed by atoms with Crippen LogP contribution in [0.5, 0.6) is 0 Å². The van der Waals surface area contributed by atoms with E-state index in [0.29, 0.717) is 12.8 Å². The lowest BCUT2D eigenvalue weighted by atomic mass is 9.79. The van der Waals surface area contributed by atoms with E-state index in [1.54, 1.807) is 0 Å². The van der Waals surface area contributed by atoms with Crippen molar-refractivity contribution in [2.45, 2.75) is 18.4 Å². The predicted octanol–water partition coefficient (Wildman–Crippen LogP) is 3.53. The van der Waals surface area contributed by atoms with Crippen molar-refractivity contribution in [1.82, 2.24) is 0 Å². The van der Waals surface area contributed by atoms with E-state index in [1.807, 2.05) is 36.4 Å². The Morgan fingerprint density at radius 1 is 0.944 bits per heavy atom. The molecule has 18 heavy (non-hydrogen) atoms. The van der Waals surface area contributed by atoms with Crippen LogP contribution in [0.15, 0.2) is 60.7 Å². The standard InChI is InChI=1S/C17H16O/c18-17(13-14-7-2-1-3-8-14)12-6-10-15-9-4-5-11-16(15)17/h1-11,18H,12-13H2. The van der Waals surface area contributed by atoms with Crippen LogP contribution in [0, 0.1) is 0 Å². The maximum absolute atomic E-state index is 10.9. The highest BCUT2D eigenvalue weighted by molar-refractivity contribution is 5.58. The molecule has 0 aromatic heterocycles. The summed E-state index contributed by atoms with van der Waals surface area (Å²) in [6.07, 6.45) is 5.49. The van der Waals surface area contributed by atoms with Crippen LogP contribution in [0.2, 0.25) is 0 Å². The lowest BCUT2D eigenvalue weighted by molar-refractivity contribution is 0.0387. The van der Waals surface area contributed by atoms with E-state index in [-0.39, 0.29) is 0 Å². The van der Waals surface area contributed by atoms with Gasteiger partial charge in [0.1, 0.15) is 0 Å². The second-order valence-corrected chi connectivity index (χ2v) is 4.89. The summed E-state index contributed by atoms with van der Waals surface area (Å²) < 4.78 is 0. The van der Waals surface area contributed by atoms with Crippen molar-refractivity contribution >= 4 is 6.08 Å². The van der Waals surface area contributed by atoms with Gasteiger partial charge in [-0.25, -0.2) is 0 Å². The third kappa shape index (κ3) is 1.98. The Morgan fingerprint density at radius 2 is 1.67 bits per heavy atom. The quantitative estimate of drug-likeness (QED) is 0.845. The second-order valence-electron chi connectivity index (χ2n) is 4.89. The molecule has 1 heteroatoms. The third-order valence-corrected chi connectivity index (χ3v) is 3.55. The van der Waals surface area contributed by atoms with Crippen LogP contribution >= 0.6 is 0 Å². The van der Waals surface area contributed by atoms with Crippen LogP contribution in [0.25, 0.3) is 6.08 Å². The molecule has 1 aliphatic rings. The largest absolute Gasteiger partial charge is 0.384 e. The molecule has 2 aromatic carbocycles. The number of hydrogen-bond donors (Lipinski definition) is 1. The minimum atomic E-state index is -0.771. The highest BCUT2D eigenvalue weighted by Gasteiger charge is 2.31. The highest BCUT2D eigenvalue weighted by atomic mass is 16.3. The molecule has 0 saturated carbocycles. The number of fused-ring (bicyclic) bond motifs is 1. The summed E-state index contributed by atoms with van der Waals surface area (Å²) in [5, 5.41) is 10.9. The van der Waals surface area contributed by atoms with E-state index in [0.717, 1.165) is 11.1 Å². The fourth-order valence-electron chi connectivity index (χ4n) is 2.66. The summed E-state index contributed by atoms with van der Waals surface area (Å²) in [5.41, 5.74) is 2.57. The Hall–Kier alpha value is -1.86. The van der Waals surface area contributed by atoms with Crippen molar-refractivity contribution in [2.24, 2.45) is 0 Å². The molecule has 3 rings (SSSR count). The van der Waals surface area contributed by atoms with Gasteiger partial charge in [-0.15, -0.1) is 0 Å². The van der Waals surface area contributed by atoms with E-state index in [1.165, 1.54) is 5.56 Å². The molecule has 1 N–H and O–H groups in total. The zero-order valence-electron chi connectivity index (χ0n) is 10.2. The zero-order valence-corrected chi connectivity index (χ0v) is 10.2. The van der Waals surface area contributed by atoms with Gasteiger partial charge in [0.05, 0.1) is 5.60 Å². The van der Waals surface area contributed by atoms with Crippen molar-refractivity contribution in [3.63, 3.8) is 0 Å². The van der Waals surface area contributed by atoms with E-state index < -0.39 is 5.60 Å². The van der Waals surface area contributed by atoms with Gasteiger partial charge in [0, 0.05) is 6.42 Å². The first-order valence-corrected chi connectivity index (χ1v) is 6.30. The van der Waals surface area contributed by atoms with E-state index >= 15 is 0 Å². The van der Waals surface area contributed by atoms with Crippen LogP contribution < -0.4 is 0 Å². The van der Waals surface area contributed by atoms with Crippen molar-refractivity contribution in [2.75, 3.05) is 0 Å². The summed E-state index contributed by atoms with van der Waals surface area (Å²) in [4.78, 5) is 0. The maximum Gasteiger partial charge on any atom is 0.0976 e. The molecule has 2 aromatic rings. The van der Waals surface area contributed by atoms with E-state index in [4.69, 9.17) is 0 Å². The molecule has 0 amide bonds. The fourth-order valence-corrected chi connectivity index (χ4v) is 2.66. The number of aliphatic hydroxyl groups is 1. The smallest absolute Gasteiger partial charge is 0.0976 e. The van der Waals surface area contributed by atoms with Gasteiger partial charge in [-0.1, -0.05) is 66.7 Å². The first-order chi connectivity index (χ1) is 8.78. The summed E-state index contributed by atoms with van der Waals surface area (Å²) in [6, 6.07) is 18.3. The molecule has 1 unspecified atom stereocenters. The number of benzene rings is 2. The maximum atomic E-state index is 10.9. The monoisotopic (exact) mass is 236 g/mol. The van der Waals surface area contributed by atoms with E-state index in [2.05, 4.69) is 30.4 Å². The van der Waals surface area contributed by atoms with Crippen molar-refractivity contribution in [3.8, 4) is 0 Å². The third-order valence-electron chi connectivity index (χ3n) is 3.55. The topological polar surface area (TPSA) is 20.2 Å². The normalized spacial score (nSPS) is 21.6. The van der Waals surface area contributed by atoms with Gasteiger partial charge < -0.3 is 5.11 Å². The van der Waals surface area contributed by atoms with E-state index in [9.17, 15) is 5.11 Å². The Bertz CT molecular complexity index is 571. The average molecular weight is 236 g/mol. The van der Waals surface area contributed by atoms with Gasteiger partial charge >= 0.3 is 0 Å². The number of hydrogen-bond acceptors (Lipinski definition) is 1. The Kier molecular flexibility index (Phi) is 2.77. The summed E-state index contributed by atoms with van der Waals surface area (Å²) in [7, 11) is 0. The Morgan fingerprint density at radius 3 is 2.50 bits per heavy atom. The molecule has 1 aliphatic carbocycles. The summed E-state index contributed by atoms with van der Waals surface area (Å²) >= 11 is 0. The molecular formula is C17H16O.